The second-order valence-corrected chi connectivity index (χ2v) is 9.63. The lowest BCUT2D eigenvalue weighted by atomic mass is 10.0. The summed E-state index contributed by atoms with van der Waals surface area (Å²) in [7, 11) is 1.67. The summed E-state index contributed by atoms with van der Waals surface area (Å²) >= 11 is 2.31. The molecule has 13 nitrogen and oxygen atoms in total. The number of fused-ring (bicyclic) bond motifs is 1. The molecule has 0 radical (unpaired) electrons. The van der Waals surface area contributed by atoms with E-state index in [-0.39, 0.29) is 23.1 Å². The Labute approximate surface area is 194 Å². The average Bonchev–Trinajstić information content (AvgIpc) is 3.36. The highest BCUT2D eigenvalue weighted by Gasteiger charge is 2.55. The number of thiazole rings is 1. The van der Waals surface area contributed by atoms with Crippen LogP contribution in [0.3, 0.4) is 0 Å². The number of β-lactam (4-membered cyclic amide) rings is 1. The van der Waals surface area contributed by atoms with Crippen LogP contribution in [0.1, 0.15) is 18.2 Å². The van der Waals surface area contributed by atoms with Gasteiger partial charge in [0.1, 0.15) is 22.8 Å². The Morgan fingerprint density at radius 3 is 2.73 bits per heavy atom. The number of rotatable bonds is 6. The maximum atomic E-state index is 12.9. The highest BCUT2D eigenvalue weighted by molar-refractivity contribution is 8.01. The van der Waals surface area contributed by atoms with Crippen LogP contribution in [-0.2, 0) is 28.0 Å². The molecule has 0 spiro atoms. The number of aryl methyl sites for hydroxylation is 1. The van der Waals surface area contributed by atoms with Crippen molar-refractivity contribution in [2.24, 2.45) is 12.2 Å². The van der Waals surface area contributed by atoms with Gasteiger partial charge in [0.15, 0.2) is 17.9 Å². The van der Waals surface area contributed by atoms with Gasteiger partial charge in [0.2, 0.25) is 6.20 Å². The van der Waals surface area contributed by atoms with Crippen molar-refractivity contribution in [1.82, 2.24) is 19.9 Å². The van der Waals surface area contributed by atoms with E-state index in [9.17, 15) is 29.8 Å². The standard InChI is InChI=1S/C18H19N7O6S2/c1-7-12(24-4-8(5-26)3-23(24)2)13(17(29)30)25-15(28)11(16(25)33-7)21-14(27)10(22-31)9-6-32-18(19)20-9/h3-4,6-7,11,16,26H,5H2,1-2H3,(H4-,19,20,21,27,29,30,31)/t7?,11-,16-/m1/s1. The fourth-order valence-corrected chi connectivity index (χ4v) is 5.77. The monoisotopic (exact) mass is 493 g/mol. The van der Waals surface area contributed by atoms with Gasteiger partial charge in [-0.15, -0.1) is 32.5 Å². The Balaban J connectivity index is 1.63. The minimum Gasteiger partial charge on any atom is -0.543 e. The summed E-state index contributed by atoms with van der Waals surface area (Å²) in [6.45, 7) is 1.52. The number of aliphatic carboxylic acids is 1. The van der Waals surface area contributed by atoms with Crippen molar-refractivity contribution in [1.29, 1.82) is 0 Å². The second kappa shape index (κ2) is 8.49. The normalized spacial score (nSPS) is 22.8. The minimum atomic E-state index is -1.55. The molecule has 0 saturated carbocycles. The average molecular weight is 494 g/mol. The van der Waals surface area contributed by atoms with Gasteiger partial charge >= 0.3 is 0 Å². The van der Waals surface area contributed by atoms with Crippen molar-refractivity contribution in [2.75, 3.05) is 5.73 Å². The smallest absolute Gasteiger partial charge is 0.276 e. The van der Waals surface area contributed by atoms with E-state index >= 15 is 0 Å². The Morgan fingerprint density at radius 2 is 2.18 bits per heavy atom. The number of amides is 2. The van der Waals surface area contributed by atoms with E-state index in [0.717, 1.165) is 16.2 Å². The quantitative estimate of drug-likeness (QED) is 0.110. The number of carboxylic acid groups (broad SMARTS) is 1. The van der Waals surface area contributed by atoms with Crippen molar-refractivity contribution in [3.63, 3.8) is 0 Å². The molecule has 1 unspecified atom stereocenters. The first-order valence-electron chi connectivity index (χ1n) is 9.54. The van der Waals surface area contributed by atoms with E-state index in [0.29, 0.717) is 11.3 Å². The van der Waals surface area contributed by atoms with Gasteiger partial charge in [0, 0.05) is 5.38 Å². The molecule has 2 aliphatic rings. The summed E-state index contributed by atoms with van der Waals surface area (Å²) in [5.74, 6) is -3.06. The Hall–Kier alpha value is -3.43. The highest BCUT2D eigenvalue weighted by Crippen LogP contribution is 2.45. The summed E-state index contributed by atoms with van der Waals surface area (Å²) in [5, 5.41) is 36.7. The van der Waals surface area contributed by atoms with E-state index in [1.165, 1.54) is 21.8 Å². The van der Waals surface area contributed by atoms with Gasteiger partial charge in [-0.2, -0.15) is 0 Å². The molecule has 1 saturated heterocycles. The SMILES string of the molecule is CC1S[C@@H]2[C@H](NC(=O)C(=NO)c3csc(N)n3)C(=O)N2C(C(=O)[O-])=C1n1cc(CO)c[n+]1C. The van der Waals surface area contributed by atoms with Crippen LogP contribution in [0, 0.1) is 0 Å². The number of aliphatic hydroxyl groups excluding tert-OH is 1. The predicted octanol–water partition coefficient (Wildman–Crippen LogP) is -2.57. The molecule has 2 amide bonds. The van der Waals surface area contributed by atoms with Crippen molar-refractivity contribution in [3.8, 4) is 0 Å². The molecule has 2 aromatic heterocycles. The number of hydrogen-bond donors (Lipinski definition) is 4. The minimum absolute atomic E-state index is 0.0446. The molecule has 5 N–H and O–H groups in total. The first-order chi connectivity index (χ1) is 15.7. The molecule has 0 aliphatic carbocycles. The number of carboxylic acids is 1. The Kier molecular flexibility index (Phi) is 5.85. The Bertz CT molecular complexity index is 1220. The van der Waals surface area contributed by atoms with Crippen LogP contribution in [0.4, 0.5) is 5.13 Å². The van der Waals surface area contributed by atoms with Gasteiger partial charge in [-0.05, 0) is 6.92 Å². The molecule has 174 valence electrons. The van der Waals surface area contributed by atoms with Gasteiger partial charge in [-0.1, -0.05) is 5.16 Å². The lowest BCUT2D eigenvalue weighted by Gasteiger charge is -2.51. The zero-order chi connectivity index (χ0) is 24.0. The molecule has 0 aromatic carbocycles. The van der Waals surface area contributed by atoms with E-state index < -0.39 is 40.2 Å². The van der Waals surface area contributed by atoms with Crippen molar-refractivity contribution < 1.29 is 34.5 Å². The largest absolute Gasteiger partial charge is 0.543 e. The number of carbonyl (C=O) groups excluding carboxylic acids is 3. The van der Waals surface area contributed by atoms with Crippen molar-refractivity contribution in [3.05, 3.63) is 34.7 Å². The Morgan fingerprint density at radius 1 is 1.45 bits per heavy atom. The van der Waals surface area contributed by atoms with Crippen molar-refractivity contribution in [2.45, 2.75) is 30.2 Å². The van der Waals surface area contributed by atoms with Crippen LogP contribution >= 0.6 is 23.1 Å². The van der Waals surface area contributed by atoms with Gasteiger partial charge in [0.05, 0.1) is 35.3 Å². The van der Waals surface area contributed by atoms with Crippen LogP contribution in [-0.4, -0.2) is 65.0 Å². The number of nitrogens with zero attached hydrogens (tertiary/aromatic N) is 5. The summed E-state index contributed by atoms with van der Waals surface area (Å²) < 4.78 is 3.13. The molecule has 2 aromatic rings. The number of carbonyl (C=O) groups is 3. The molecule has 2 aliphatic heterocycles. The van der Waals surface area contributed by atoms with Crippen LogP contribution in [0.2, 0.25) is 0 Å². The topological polar surface area (TPSA) is 190 Å². The summed E-state index contributed by atoms with van der Waals surface area (Å²) in [6.07, 6.45) is 3.20. The third-order valence-electron chi connectivity index (χ3n) is 5.22. The third-order valence-corrected chi connectivity index (χ3v) is 7.29. The van der Waals surface area contributed by atoms with Gasteiger partial charge in [-0.25, -0.2) is 4.98 Å². The fraction of sp³-hybridized carbons (Fsp3) is 0.333. The number of nitrogen functional groups attached to an aromatic ring is 1. The third kappa shape index (κ3) is 3.73. The number of anilines is 1. The summed E-state index contributed by atoms with van der Waals surface area (Å²) in [4.78, 5) is 42.6. The molecule has 33 heavy (non-hydrogen) atoms. The maximum Gasteiger partial charge on any atom is 0.276 e. The van der Waals surface area contributed by atoms with Gasteiger partial charge < -0.3 is 31.3 Å². The molecule has 1 fully saturated rings. The number of nitrogens with two attached hydrogens (primary N) is 1. The molecule has 4 rings (SSSR count). The molecular formula is C18H19N7O6S2. The fourth-order valence-electron chi connectivity index (χ4n) is 3.78. The zero-order valence-electron chi connectivity index (χ0n) is 17.3. The van der Waals surface area contributed by atoms with Gasteiger partial charge in [-0.3, -0.25) is 14.5 Å². The molecule has 15 heteroatoms. The molecule has 3 atom stereocenters. The summed E-state index contributed by atoms with van der Waals surface area (Å²) in [5.41, 5.74) is 5.71. The predicted molar refractivity (Wildman–Crippen MR) is 114 cm³/mol. The number of nitrogens with one attached hydrogen (secondary N) is 1. The van der Waals surface area contributed by atoms with Crippen LogP contribution in [0.15, 0.2) is 28.6 Å². The van der Waals surface area contributed by atoms with E-state index in [2.05, 4.69) is 15.5 Å². The first kappa shape index (κ1) is 22.8. The molecule has 4 heterocycles. The lowest BCUT2D eigenvalue weighted by Crippen LogP contribution is -2.72. The van der Waals surface area contributed by atoms with Crippen LogP contribution in [0.5, 0.6) is 0 Å². The first-order valence-corrected chi connectivity index (χ1v) is 11.4. The molecular weight excluding hydrogens is 474 g/mol. The lowest BCUT2D eigenvalue weighted by molar-refractivity contribution is -0.743. The number of aliphatic hydroxyl groups is 1. The number of oxime groups is 1. The number of hydrogen-bond acceptors (Lipinski definition) is 11. The number of thioether (sulfide) groups is 1. The van der Waals surface area contributed by atoms with E-state index in [1.807, 2.05) is 0 Å². The van der Waals surface area contributed by atoms with Gasteiger partial charge in [0.25, 0.3) is 11.8 Å². The highest BCUT2D eigenvalue weighted by atomic mass is 32.2. The summed E-state index contributed by atoms with van der Waals surface area (Å²) in [6, 6.07) is -1.06. The molecule has 0 bridgehead atoms. The van der Waals surface area contributed by atoms with E-state index in [4.69, 9.17) is 5.73 Å². The maximum absolute atomic E-state index is 12.9. The number of aromatic nitrogens is 3. The van der Waals surface area contributed by atoms with Crippen LogP contribution in [0.25, 0.3) is 5.70 Å². The van der Waals surface area contributed by atoms with Crippen LogP contribution < -0.4 is 20.8 Å². The second-order valence-electron chi connectivity index (χ2n) is 7.28. The van der Waals surface area contributed by atoms with Crippen molar-refractivity contribution >= 4 is 57.4 Å². The zero-order valence-corrected chi connectivity index (χ0v) is 19.0. The van der Waals surface area contributed by atoms with E-state index in [1.54, 1.807) is 31.0 Å².